The van der Waals surface area contributed by atoms with Crippen LogP contribution in [0.25, 0.3) is 53.6 Å². The molecule has 4 amide bonds. The first-order valence-corrected chi connectivity index (χ1v) is 22.1. The molecule has 2 saturated heterocycles. The molecule has 5 heterocycles. The molecule has 6 aromatic rings. The Balaban J connectivity index is 0.950. The fraction of sp³-hybridized carbons (Fsp3) is 0.435. The van der Waals surface area contributed by atoms with Crippen molar-refractivity contribution in [1.82, 2.24) is 40.4 Å². The number of hydrogen-bond donors (Lipinski definition) is 4. The molecular weight excluding hydrogens is 793 g/mol. The van der Waals surface area contributed by atoms with Crippen LogP contribution in [0, 0.1) is 17.8 Å². The summed E-state index contributed by atoms with van der Waals surface area (Å²) >= 11 is 1.75. The number of aromatic amines is 2. The molecule has 0 spiro atoms. The van der Waals surface area contributed by atoms with Crippen molar-refractivity contribution in [3.63, 3.8) is 0 Å². The highest BCUT2D eigenvalue weighted by atomic mass is 32.1. The van der Waals surface area contributed by atoms with Gasteiger partial charge in [-0.05, 0) is 85.3 Å². The molecule has 9 rings (SSSR count). The number of alkyl carbamates (subject to hydrolysis) is 2. The number of methoxy groups -OCH3 is 2. The number of likely N-dealkylation sites (tertiary alicyclic amines) is 2. The predicted octanol–water partition coefficient (Wildman–Crippen LogP) is 8.46. The summed E-state index contributed by atoms with van der Waals surface area (Å²) in [7, 11) is 2.61. The maximum absolute atomic E-state index is 14.1. The lowest BCUT2D eigenvalue weighted by molar-refractivity contribution is -0.139. The maximum atomic E-state index is 14.1. The Labute approximate surface area is 357 Å². The van der Waals surface area contributed by atoms with Gasteiger partial charge in [0.15, 0.2) is 0 Å². The van der Waals surface area contributed by atoms with Gasteiger partial charge in [0.1, 0.15) is 23.7 Å². The molecule has 1 saturated carbocycles. The summed E-state index contributed by atoms with van der Waals surface area (Å²) in [6.07, 6.45) is 5.16. The summed E-state index contributed by atoms with van der Waals surface area (Å²) in [5.74, 6) is 1.39. The average molecular weight is 845 g/mol. The highest BCUT2D eigenvalue weighted by Gasteiger charge is 2.51. The number of carbonyl (C=O) groups is 4. The summed E-state index contributed by atoms with van der Waals surface area (Å²) in [5, 5.41) is 7.86. The third-order valence-electron chi connectivity index (χ3n) is 13.0. The van der Waals surface area contributed by atoms with E-state index in [-0.39, 0.29) is 41.8 Å². The molecule has 2 bridgehead atoms. The second-order valence-electron chi connectivity index (χ2n) is 17.4. The predicted molar refractivity (Wildman–Crippen MR) is 235 cm³/mol. The van der Waals surface area contributed by atoms with Crippen molar-refractivity contribution >= 4 is 66.5 Å². The number of aromatic nitrogens is 4. The van der Waals surface area contributed by atoms with Crippen LogP contribution < -0.4 is 10.6 Å². The summed E-state index contributed by atoms with van der Waals surface area (Å²) in [5.41, 5.74) is 5.82. The Morgan fingerprint density at radius 2 is 1.41 bits per heavy atom. The lowest BCUT2D eigenvalue weighted by Crippen LogP contribution is -2.54. The van der Waals surface area contributed by atoms with Gasteiger partial charge in [0.05, 0.1) is 49.2 Å². The van der Waals surface area contributed by atoms with Gasteiger partial charge in [0, 0.05) is 38.3 Å². The van der Waals surface area contributed by atoms with Crippen LogP contribution in [0.2, 0.25) is 0 Å². The third kappa shape index (κ3) is 7.36. The highest BCUT2D eigenvalue weighted by Crippen LogP contribution is 2.50. The number of benzene rings is 3. The van der Waals surface area contributed by atoms with Gasteiger partial charge >= 0.3 is 12.2 Å². The Bertz CT molecular complexity index is 2670. The number of thiophene rings is 1. The van der Waals surface area contributed by atoms with E-state index in [1.54, 1.807) is 11.3 Å². The number of nitrogens with one attached hydrogen (secondary N) is 4. The van der Waals surface area contributed by atoms with E-state index < -0.39 is 24.3 Å². The molecule has 3 aromatic heterocycles. The molecule has 14 nitrogen and oxygen atoms in total. The third-order valence-corrected chi connectivity index (χ3v) is 14.1. The van der Waals surface area contributed by atoms with E-state index in [0.717, 1.165) is 81.9 Å². The molecule has 6 atom stereocenters. The van der Waals surface area contributed by atoms with Gasteiger partial charge < -0.3 is 39.9 Å². The fourth-order valence-electron chi connectivity index (χ4n) is 9.84. The van der Waals surface area contributed by atoms with Crippen molar-refractivity contribution in [3.05, 3.63) is 72.4 Å². The van der Waals surface area contributed by atoms with Gasteiger partial charge in [0.2, 0.25) is 11.8 Å². The van der Waals surface area contributed by atoms with E-state index in [1.165, 1.54) is 29.7 Å². The Hall–Kier alpha value is -5.96. The molecule has 318 valence electrons. The quantitative estimate of drug-likeness (QED) is 0.106. The van der Waals surface area contributed by atoms with Gasteiger partial charge in [0.25, 0.3) is 0 Å². The molecule has 15 heteroatoms. The number of amides is 4. The van der Waals surface area contributed by atoms with Gasteiger partial charge in [-0.2, -0.15) is 0 Å². The zero-order valence-electron chi connectivity index (χ0n) is 35.3. The monoisotopic (exact) mass is 844 g/mol. The van der Waals surface area contributed by atoms with E-state index in [4.69, 9.17) is 19.4 Å². The molecular formula is C46H52N8O6S. The Morgan fingerprint density at radius 3 is 2.10 bits per heavy atom. The molecule has 4 N–H and O–H groups in total. The van der Waals surface area contributed by atoms with Gasteiger partial charge in [-0.1, -0.05) is 58.0 Å². The van der Waals surface area contributed by atoms with E-state index in [9.17, 15) is 19.2 Å². The molecule has 0 radical (unpaired) electrons. The molecule has 1 unspecified atom stereocenters. The van der Waals surface area contributed by atoms with Crippen LogP contribution >= 0.6 is 11.3 Å². The van der Waals surface area contributed by atoms with Gasteiger partial charge in [-0.15, -0.1) is 11.3 Å². The second-order valence-corrected chi connectivity index (χ2v) is 18.5. The van der Waals surface area contributed by atoms with Crippen molar-refractivity contribution in [1.29, 1.82) is 0 Å². The Kier molecular flexibility index (Phi) is 10.7. The minimum Gasteiger partial charge on any atom is -0.453 e. The number of rotatable bonds is 10. The van der Waals surface area contributed by atoms with E-state index in [1.807, 2.05) is 49.8 Å². The molecule has 3 aliphatic rings. The van der Waals surface area contributed by atoms with Gasteiger partial charge in [-0.3, -0.25) is 9.59 Å². The largest absolute Gasteiger partial charge is 0.453 e. The number of hydrogen-bond acceptors (Lipinski definition) is 9. The normalized spacial score (nSPS) is 20.9. The first kappa shape index (κ1) is 40.4. The average Bonchev–Trinajstić information content (AvgIpc) is 4.12. The summed E-state index contributed by atoms with van der Waals surface area (Å²) in [4.78, 5) is 72.6. The topological polar surface area (TPSA) is 175 Å². The number of piperidine rings is 1. The second kappa shape index (κ2) is 16.1. The van der Waals surface area contributed by atoms with E-state index in [2.05, 4.69) is 69.1 Å². The molecule has 3 aromatic carbocycles. The van der Waals surface area contributed by atoms with Crippen LogP contribution in [-0.2, 0) is 19.1 Å². The Morgan fingerprint density at radius 1 is 0.770 bits per heavy atom. The van der Waals surface area contributed by atoms with Gasteiger partial charge in [-0.25, -0.2) is 19.6 Å². The number of nitrogens with zero attached hydrogens (tertiary/aromatic N) is 4. The van der Waals surface area contributed by atoms with Crippen LogP contribution in [0.15, 0.2) is 60.8 Å². The van der Waals surface area contributed by atoms with Crippen LogP contribution in [0.5, 0.6) is 0 Å². The molecule has 1 aliphatic carbocycles. The number of carbonyl (C=O) groups excluding carboxylic acids is 4. The van der Waals surface area contributed by atoms with E-state index >= 15 is 0 Å². The smallest absolute Gasteiger partial charge is 0.407 e. The van der Waals surface area contributed by atoms with E-state index in [0.29, 0.717) is 12.5 Å². The van der Waals surface area contributed by atoms with Crippen molar-refractivity contribution < 1.29 is 28.7 Å². The number of imidazole rings is 2. The first-order valence-electron chi connectivity index (χ1n) is 21.3. The zero-order chi connectivity index (χ0) is 42.7. The maximum Gasteiger partial charge on any atom is 0.407 e. The molecule has 2 aliphatic heterocycles. The summed E-state index contributed by atoms with van der Waals surface area (Å²) in [6.45, 7) is 8.28. The highest BCUT2D eigenvalue weighted by molar-refractivity contribution is 7.25. The summed E-state index contributed by atoms with van der Waals surface area (Å²) < 4.78 is 12.0. The van der Waals surface area contributed by atoms with Crippen LogP contribution in [0.1, 0.15) is 83.5 Å². The van der Waals surface area contributed by atoms with Crippen molar-refractivity contribution in [3.8, 4) is 22.4 Å². The van der Waals surface area contributed by atoms with Crippen molar-refractivity contribution in [2.24, 2.45) is 17.8 Å². The van der Waals surface area contributed by atoms with Crippen LogP contribution in [0.4, 0.5) is 9.59 Å². The SMILES string of the molecule is COC(=O)N[C@H](C(=O)N1CCCC1c1ncc(-c2ccc3c(c2)sc2cc(-c4ccc5nc([C@@H]6[C@H]7CC[C@H](C7)N6C(=O)[C@@H](NC(=O)OC)C(C)C)[nH]c5c4)ccc23)[nH]1)C(C)C. The fourth-order valence-corrected chi connectivity index (χ4v) is 11.0. The summed E-state index contributed by atoms with van der Waals surface area (Å²) in [6, 6.07) is 17.7. The zero-order valence-corrected chi connectivity index (χ0v) is 36.1. The standard InChI is InChI=1S/C46H52N8O6S/c1-23(2)38(51-45(57)59-5)43(55)53-17-7-8-35(53)41-47-22-34(50-41)27-11-15-31-30-14-10-26(20-36(30)61-37(31)21-27)25-12-16-32-33(19-25)49-42(48-32)40-28-9-13-29(18-28)54(40)44(56)39(24(3)4)52-46(58)60-6/h10-12,14-16,19-24,28-29,35,38-40H,7-9,13,17-18H2,1-6H3,(H,47,50)(H,48,49)(H,51,57)(H,52,58)/t28-,29+,35?,38-,39-,40-/m0/s1. The minimum absolute atomic E-state index is 0.0896. The lowest BCUT2D eigenvalue weighted by atomic mass is 9.95. The molecule has 61 heavy (non-hydrogen) atoms. The van der Waals surface area contributed by atoms with Crippen molar-refractivity contribution in [2.75, 3.05) is 20.8 Å². The van der Waals surface area contributed by atoms with Crippen molar-refractivity contribution in [2.45, 2.75) is 90.0 Å². The minimum atomic E-state index is -0.691. The first-order chi connectivity index (χ1) is 29.4. The lowest BCUT2D eigenvalue weighted by Gasteiger charge is -2.37. The number of ether oxygens (including phenoxy) is 2. The van der Waals surface area contributed by atoms with Crippen LogP contribution in [-0.4, -0.2) is 92.6 Å². The number of H-pyrrole nitrogens is 2. The molecule has 3 fully saturated rings. The number of fused-ring (bicyclic) bond motifs is 6. The van der Waals surface area contributed by atoms with Crippen LogP contribution in [0.3, 0.4) is 0 Å².